The summed E-state index contributed by atoms with van der Waals surface area (Å²) in [6.07, 6.45) is 0. The van der Waals surface area contributed by atoms with Crippen molar-refractivity contribution in [3.8, 4) is 0 Å². The molecule has 0 atom stereocenters. The van der Waals surface area contributed by atoms with Crippen molar-refractivity contribution in [2.24, 2.45) is 5.73 Å². The average Bonchev–Trinajstić information content (AvgIpc) is 2.87. The molecule has 0 aliphatic carbocycles. The van der Waals surface area contributed by atoms with Gasteiger partial charge in [-0.1, -0.05) is 0 Å². The van der Waals surface area contributed by atoms with Crippen LogP contribution >= 0.6 is 11.3 Å². The largest absolute Gasteiger partial charge is 0.365 e. The van der Waals surface area contributed by atoms with Crippen LogP contribution in [0.25, 0.3) is 0 Å². The van der Waals surface area contributed by atoms with Crippen LogP contribution in [0.1, 0.15) is 45.0 Å². The van der Waals surface area contributed by atoms with Gasteiger partial charge in [0.05, 0.1) is 10.5 Å². The second-order valence-corrected chi connectivity index (χ2v) is 9.67. The minimum absolute atomic E-state index is 0.107. The minimum atomic E-state index is -3.62. The van der Waals surface area contributed by atoms with Gasteiger partial charge in [-0.05, 0) is 57.5 Å². The van der Waals surface area contributed by atoms with Gasteiger partial charge >= 0.3 is 0 Å². The van der Waals surface area contributed by atoms with E-state index in [1.54, 1.807) is 20.8 Å². The predicted octanol–water partition coefficient (Wildman–Crippen LogP) is 2.75. The van der Waals surface area contributed by atoms with Crippen LogP contribution in [-0.2, 0) is 10.0 Å². The lowest BCUT2D eigenvalue weighted by Crippen LogP contribution is -2.33. The molecule has 2 aromatic rings. The van der Waals surface area contributed by atoms with Gasteiger partial charge in [-0.2, -0.15) is 4.31 Å². The Kier molecular flexibility index (Phi) is 6.08. The normalized spacial score (nSPS) is 11.8. The molecule has 7 nitrogen and oxygen atoms in total. The number of carbonyl (C=O) groups excluding carboxylic acids is 2. The number of sulfonamides is 1. The molecule has 0 saturated carbocycles. The van der Waals surface area contributed by atoms with E-state index in [9.17, 15) is 18.0 Å². The van der Waals surface area contributed by atoms with Crippen LogP contribution in [0.3, 0.4) is 0 Å². The number of anilines is 1. The van der Waals surface area contributed by atoms with Crippen molar-refractivity contribution in [2.45, 2.75) is 38.6 Å². The van der Waals surface area contributed by atoms with Crippen LogP contribution in [0, 0.1) is 13.8 Å². The van der Waals surface area contributed by atoms with E-state index >= 15 is 0 Å². The highest BCUT2D eigenvalue weighted by atomic mass is 32.2. The second kappa shape index (κ2) is 7.79. The smallest absolute Gasteiger partial charge is 0.256 e. The number of rotatable bonds is 6. The van der Waals surface area contributed by atoms with Gasteiger partial charge in [0.2, 0.25) is 10.0 Å². The molecule has 3 N–H and O–H groups in total. The second-order valence-electron chi connectivity index (χ2n) is 6.45. The summed E-state index contributed by atoms with van der Waals surface area (Å²) in [5.74, 6) is -1.05. The van der Waals surface area contributed by atoms with Crippen molar-refractivity contribution in [1.82, 2.24) is 4.31 Å². The van der Waals surface area contributed by atoms with Crippen molar-refractivity contribution >= 4 is 38.2 Å². The third-order valence-electron chi connectivity index (χ3n) is 4.38. The molecule has 9 heteroatoms. The lowest BCUT2D eigenvalue weighted by atomic mass is 10.1. The van der Waals surface area contributed by atoms with E-state index in [0.29, 0.717) is 10.6 Å². The molecule has 2 rings (SSSR count). The standard InChI is InChI=1S/C18H23N3O4S2/c1-10(2)21(5)27(24,25)14-8-6-13(7-9-14)17(23)20-18-15(16(19)22)11(3)12(4)26-18/h6-10H,1-5H3,(H2,19,22)(H,20,23). The zero-order valence-corrected chi connectivity index (χ0v) is 17.5. The molecule has 1 heterocycles. The number of hydrogen-bond acceptors (Lipinski definition) is 5. The molecular formula is C18H23N3O4S2. The maximum absolute atomic E-state index is 12.5. The van der Waals surface area contributed by atoms with Crippen LogP contribution < -0.4 is 11.1 Å². The topological polar surface area (TPSA) is 110 Å². The molecule has 0 saturated heterocycles. The Morgan fingerprint density at radius 1 is 1.15 bits per heavy atom. The quantitative estimate of drug-likeness (QED) is 0.764. The monoisotopic (exact) mass is 409 g/mol. The molecular weight excluding hydrogens is 386 g/mol. The van der Waals surface area contributed by atoms with Gasteiger partial charge in [0.1, 0.15) is 5.00 Å². The molecule has 0 aliphatic heterocycles. The Bertz CT molecular complexity index is 977. The Labute approximate surface area is 163 Å². The third kappa shape index (κ3) is 4.20. The summed E-state index contributed by atoms with van der Waals surface area (Å²) in [5, 5.41) is 3.08. The number of carbonyl (C=O) groups is 2. The van der Waals surface area contributed by atoms with Crippen LogP contribution in [-0.4, -0.2) is 37.6 Å². The summed E-state index contributed by atoms with van der Waals surface area (Å²) < 4.78 is 26.2. The van der Waals surface area contributed by atoms with Gasteiger partial charge in [0, 0.05) is 23.5 Å². The Hall–Kier alpha value is -2.23. The molecule has 2 amide bonds. The summed E-state index contributed by atoms with van der Waals surface area (Å²) in [6, 6.07) is 5.48. The van der Waals surface area contributed by atoms with Gasteiger partial charge < -0.3 is 11.1 Å². The van der Waals surface area contributed by atoms with Crippen molar-refractivity contribution in [3.63, 3.8) is 0 Å². The number of benzene rings is 1. The van der Waals surface area contributed by atoms with Gasteiger partial charge in [0.25, 0.3) is 11.8 Å². The average molecular weight is 410 g/mol. The number of aryl methyl sites for hydroxylation is 1. The first kappa shape index (κ1) is 21.1. The summed E-state index contributed by atoms with van der Waals surface area (Å²) in [4.78, 5) is 25.1. The van der Waals surface area contributed by atoms with E-state index < -0.39 is 21.8 Å². The molecule has 27 heavy (non-hydrogen) atoms. The minimum Gasteiger partial charge on any atom is -0.365 e. The first-order chi connectivity index (χ1) is 12.5. The third-order valence-corrected chi connectivity index (χ3v) is 7.55. The van der Waals surface area contributed by atoms with Gasteiger partial charge in [0.15, 0.2) is 0 Å². The fraction of sp³-hybridized carbons (Fsp3) is 0.333. The van der Waals surface area contributed by atoms with Crippen LogP contribution in [0.4, 0.5) is 5.00 Å². The highest BCUT2D eigenvalue weighted by Gasteiger charge is 2.24. The fourth-order valence-corrected chi connectivity index (χ4v) is 4.84. The maximum atomic E-state index is 12.5. The summed E-state index contributed by atoms with van der Waals surface area (Å²) in [5.41, 5.74) is 6.72. The van der Waals surface area contributed by atoms with Crippen molar-refractivity contribution in [2.75, 3.05) is 12.4 Å². The zero-order chi connectivity index (χ0) is 20.5. The van der Waals surface area contributed by atoms with Crippen molar-refractivity contribution < 1.29 is 18.0 Å². The van der Waals surface area contributed by atoms with Gasteiger partial charge in [-0.25, -0.2) is 8.42 Å². The van der Waals surface area contributed by atoms with E-state index in [1.807, 2.05) is 6.92 Å². The molecule has 1 aromatic heterocycles. The Morgan fingerprint density at radius 2 is 1.70 bits per heavy atom. The number of nitrogens with one attached hydrogen (secondary N) is 1. The lowest BCUT2D eigenvalue weighted by molar-refractivity contribution is 0.100. The van der Waals surface area contributed by atoms with E-state index in [1.165, 1.54) is 47.0 Å². The lowest BCUT2D eigenvalue weighted by Gasteiger charge is -2.21. The molecule has 0 bridgehead atoms. The van der Waals surface area contributed by atoms with Crippen LogP contribution in [0.2, 0.25) is 0 Å². The number of amides is 2. The first-order valence-electron chi connectivity index (χ1n) is 8.26. The van der Waals surface area contributed by atoms with E-state index in [0.717, 1.165) is 10.4 Å². The number of nitrogens with two attached hydrogens (primary N) is 1. The van der Waals surface area contributed by atoms with E-state index in [-0.39, 0.29) is 16.5 Å². The summed E-state index contributed by atoms with van der Waals surface area (Å²) >= 11 is 1.27. The predicted molar refractivity (Wildman–Crippen MR) is 107 cm³/mol. The molecule has 0 fully saturated rings. The molecule has 0 unspecified atom stereocenters. The number of hydrogen-bond donors (Lipinski definition) is 2. The molecule has 1 aromatic carbocycles. The van der Waals surface area contributed by atoms with Crippen LogP contribution in [0.5, 0.6) is 0 Å². The van der Waals surface area contributed by atoms with E-state index in [2.05, 4.69) is 5.32 Å². The van der Waals surface area contributed by atoms with Crippen molar-refractivity contribution in [3.05, 3.63) is 45.8 Å². The van der Waals surface area contributed by atoms with Gasteiger partial charge in [-0.15, -0.1) is 11.3 Å². The fourth-order valence-electron chi connectivity index (χ4n) is 2.41. The SMILES string of the molecule is Cc1sc(NC(=O)c2ccc(S(=O)(=O)N(C)C(C)C)cc2)c(C(N)=O)c1C. The highest BCUT2D eigenvalue weighted by Crippen LogP contribution is 2.32. The summed E-state index contributed by atoms with van der Waals surface area (Å²) in [7, 11) is -2.11. The highest BCUT2D eigenvalue weighted by molar-refractivity contribution is 7.89. The number of nitrogens with zero attached hydrogens (tertiary/aromatic N) is 1. The molecule has 146 valence electrons. The van der Waals surface area contributed by atoms with E-state index in [4.69, 9.17) is 5.73 Å². The molecule has 0 radical (unpaired) electrons. The first-order valence-corrected chi connectivity index (χ1v) is 10.5. The van der Waals surface area contributed by atoms with Gasteiger partial charge in [-0.3, -0.25) is 9.59 Å². The Balaban J connectivity index is 2.27. The molecule has 0 aliphatic rings. The zero-order valence-electron chi connectivity index (χ0n) is 15.9. The Morgan fingerprint density at radius 3 is 2.19 bits per heavy atom. The van der Waals surface area contributed by atoms with Crippen LogP contribution in [0.15, 0.2) is 29.2 Å². The number of primary amides is 1. The molecule has 0 spiro atoms. The summed E-state index contributed by atoms with van der Waals surface area (Å²) in [6.45, 7) is 7.17. The number of thiophene rings is 1. The van der Waals surface area contributed by atoms with Crippen molar-refractivity contribution in [1.29, 1.82) is 0 Å². The maximum Gasteiger partial charge on any atom is 0.256 e.